The van der Waals surface area contributed by atoms with Crippen LogP contribution in [0, 0.1) is 29.0 Å². The number of hydrogen-bond donors (Lipinski definition) is 1. The monoisotopic (exact) mass is 412 g/mol. The number of ketones is 1. The van der Waals surface area contributed by atoms with Crippen LogP contribution in [0.5, 0.6) is 0 Å². The first-order valence-corrected chi connectivity index (χ1v) is 11.3. The molecule has 1 aliphatic carbocycles. The van der Waals surface area contributed by atoms with Crippen molar-refractivity contribution >= 4 is 11.5 Å². The van der Waals surface area contributed by atoms with Crippen molar-refractivity contribution < 1.29 is 9.18 Å². The van der Waals surface area contributed by atoms with Crippen molar-refractivity contribution in [3.05, 3.63) is 29.6 Å². The molecule has 3 aliphatic rings. The van der Waals surface area contributed by atoms with Gasteiger partial charge in [-0.15, -0.1) is 0 Å². The molecule has 0 amide bonds. The number of piperidine rings is 2. The van der Waals surface area contributed by atoms with Crippen LogP contribution in [-0.2, 0) is 11.2 Å². The van der Waals surface area contributed by atoms with Gasteiger partial charge in [-0.1, -0.05) is 6.07 Å². The van der Waals surface area contributed by atoms with Crippen molar-refractivity contribution in [2.45, 2.75) is 63.1 Å². The molecule has 5 atom stereocenters. The minimum atomic E-state index is -0.480. The number of likely N-dealkylation sites (N-methyl/N-ethyl adjacent to an activating group) is 1. The third-order valence-corrected chi connectivity index (χ3v) is 7.33. The van der Waals surface area contributed by atoms with Gasteiger partial charge in [0.1, 0.15) is 5.82 Å². The van der Waals surface area contributed by atoms with Crippen molar-refractivity contribution in [3.8, 4) is 6.07 Å². The first-order chi connectivity index (χ1) is 14.4. The number of carbonyl (C=O) groups is 1. The summed E-state index contributed by atoms with van der Waals surface area (Å²) in [6.07, 6.45) is 6.09. The summed E-state index contributed by atoms with van der Waals surface area (Å²) in [6, 6.07) is 8.45. The lowest BCUT2D eigenvalue weighted by atomic mass is 9.88. The van der Waals surface area contributed by atoms with Crippen LogP contribution in [0.3, 0.4) is 0 Å². The molecular weight excluding hydrogens is 379 g/mol. The summed E-state index contributed by atoms with van der Waals surface area (Å²) in [7, 11) is 4.18. The van der Waals surface area contributed by atoms with Crippen molar-refractivity contribution in [2.24, 2.45) is 11.8 Å². The van der Waals surface area contributed by atoms with E-state index < -0.39 is 5.92 Å². The van der Waals surface area contributed by atoms with Crippen LogP contribution in [0.25, 0.3) is 0 Å². The highest BCUT2D eigenvalue weighted by molar-refractivity contribution is 5.85. The number of Topliss-reactive ketones (excluding diaryl/α,β-unsaturated/α-hetero) is 1. The van der Waals surface area contributed by atoms with Crippen LogP contribution in [0.1, 0.15) is 44.1 Å². The summed E-state index contributed by atoms with van der Waals surface area (Å²) in [5.74, 6) is -0.209. The van der Waals surface area contributed by atoms with Crippen LogP contribution >= 0.6 is 0 Å². The Kier molecular flexibility index (Phi) is 6.40. The number of halogens is 1. The van der Waals surface area contributed by atoms with Gasteiger partial charge in [-0.2, -0.15) is 5.26 Å². The van der Waals surface area contributed by atoms with E-state index in [1.54, 1.807) is 12.1 Å². The van der Waals surface area contributed by atoms with E-state index in [-0.39, 0.29) is 30.5 Å². The van der Waals surface area contributed by atoms with Crippen LogP contribution in [0.4, 0.5) is 10.1 Å². The summed E-state index contributed by atoms with van der Waals surface area (Å²) in [5.41, 5.74) is 1.43. The van der Waals surface area contributed by atoms with E-state index >= 15 is 0 Å². The Morgan fingerprint density at radius 1 is 1.37 bits per heavy atom. The quantitative estimate of drug-likeness (QED) is 0.746. The number of benzene rings is 1. The Hall–Kier alpha value is -1.97. The molecule has 30 heavy (non-hydrogen) atoms. The van der Waals surface area contributed by atoms with E-state index in [0.717, 1.165) is 44.5 Å². The van der Waals surface area contributed by atoms with Crippen LogP contribution in [0.15, 0.2) is 18.2 Å². The van der Waals surface area contributed by atoms with Crippen molar-refractivity contribution in [3.63, 3.8) is 0 Å². The molecule has 0 spiro atoms. The number of nitrogens with one attached hydrogen (secondary N) is 1. The second-order valence-electron chi connectivity index (χ2n) is 9.60. The normalized spacial score (nSPS) is 29.2. The molecular formula is C24H33FN4O. The highest BCUT2D eigenvalue weighted by Gasteiger charge is 2.42. The van der Waals surface area contributed by atoms with Crippen molar-refractivity contribution in [1.82, 2.24) is 10.2 Å². The Morgan fingerprint density at radius 2 is 2.20 bits per heavy atom. The summed E-state index contributed by atoms with van der Waals surface area (Å²) in [5, 5.41) is 13.0. The van der Waals surface area contributed by atoms with Crippen molar-refractivity contribution in [1.29, 1.82) is 5.26 Å². The second-order valence-corrected chi connectivity index (χ2v) is 9.60. The molecule has 4 rings (SSSR count). The maximum atomic E-state index is 14.9. The third-order valence-electron chi connectivity index (χ3n) is 7.33. The van der Waals surface area contributed by atoms with Gasteiger partial charge in [0, 0.05) is 37.3 Å². The maximum absolute atomic E-state index is 14.9. The molecule has 2 heterocycles. The summed E-state index contributed by atoms with van der Waals surface area (Å²) in [6.45, 7) is 1.84. The highest BCUT2D eigenvalue weighted by atomic mass is 19.1. The van der Waals surface area contributed by atoms with Gasteiger partial charge in [0.05, 0.1) is 18.0 Å². The van der Waals surface area contributed by atoms with Gasteiger partial charge in [-0.3, -0.25) is 4.79 Å². The zero-order valence-corrected chi connectivity index (χ0v) is 18.1. The number of carbonyl (C=O) groups excluding carboxylic acids is 1. The first-order valence-electron chi connectivity index (χ1n) is 11.3. The van der Waals surface area contributed by atoms with Gasteiger partial charge in [-0.05, 0) is 76.2 Å². The van der Waals surface area contributed by atoms with E-state index in [1.165, 1.54) is 6.42 Å². The fraction of sp³-hybridized carbons (Fsp3) is 0.667. The van der Waals surface area contributed by atoms with Gasteiger partial charge >= 0.3 is 0 Å². The average Bonchev–Trinajstić information content (AvgIpc) is 3.38. The standard InChI is InChI=1S/C24H33FN4O/c1-28(2)21-4-3-9-29(15-21)20-8-6-17(22(25)13-20)10-16(14-26)11-23(30)24-18-5-7-19(12-18)27-24/h6,8,13,16,18-19,21,24,27H,3-5,7,9-12,15H2,1-2H3/t16-,18+,19-,21?,24+/m1/s1. The number of rotatable bonds is 7. The number of anilines is 1. The van der Waals surface area contributed by atoms with Gasteiger partial charge in [0.25, 0.3) is 0 Å². The molecule has 2 aliphatic heterocycles. The predicted octanol–water partition coefficient (Wildman–Crippen LogP) is 3.14. The van der Waals surface area contributed by atoms with E-state index in [9.17, 15) is 14.4 Å². The summed E-state index contributed by atoms with van der Waals surface area (Å²) >= 11 is 0. The van der Waals surface area contributed by atoms with Gasteiger partial charge in [0.15, 0.2) is 5.78 Å². The molecule has 1 aromatic rings. The topological polar surface area (TPSA) is 59.4 Å². The van der Waals surface area contributed by atoms with Gasteiger partial charge < -0.3 is 15.1 Å². The Bertz CT molecular complexity index is 820. The van der Waals surface area contributed by atoms with Crippen LogP contribution < -0.4 is 10.2 Å². The minimum absolute atomic E-state index is 0.101. The molecule has 0 aromatic heterocycles. The fourth-order valence-electron chi connectivity index (χ4n) is 5.52. The van der Waals surface area contributed by atoms with E-state index in [1.807, 2.05) is 6.07 Å². The lowest BCUT2D eigenvalue weighted by molar-refractivity contribution is -0.122. The smallest absolute Gasteiger partial charge is 0.151 e. The highest BCUT2D eigenvalue weighted by Crippen LogP contribution is 2.36. The Balaban J connectivity index is 1.37. The van der Waals surface area contributed by atoms with Crippen LogP contribution in [0.2, 0.25) is 0 Å². The number of fused-ring (bicyclic) bond motifs is 2. The molecule has 2 bridgehead atoms. The lowest BCUT2D eigenvalue weighted by Crippen LogP contribution is -2.45. The van der Waals surface area contributed by atoms with Gasteiger partial charge in [-0.25, -0.2) is 4.39 Å². The Morgan fingerprint density at radius 3 is 2.83 bits per heavy atom. The molecule has 1 saturated carbocycles. The predicted molar refractivity (Wildman–Crippen MR) is 116 cm³/mol. The number of nitrogens with zero attached hydrogens (tertiary/aromatic N) is 3. The fourth-order valence-corrected chi connectivity index (χ4v) is 5.52. The molecule has 0 radical (unpaired) electrons. The number of nitriles is 1. The molecule has 1 aromatic carbocycles. The van der Waals surface area contributed by atoms with Crippen molar-refractivity contribution in [2.75, 3.05) is 32.1 Å². The average molecular weight is 413 g/mol. The first kappa shape index (κ1) is 21.3. The molecule has 1 unspecified atom stereocenters. The maximum Gasteiger partial charge on any atom is 0.151 e. The summed E-state index contributed by atoms with van der Waals surface area (Å²) < 4.78 is 14.9. The molecule has 3 fully saturated rings. The van der Waals surface area contributed by atoms with Gasteiger partial charge in [0.2, 0.25) is 0 Å². The largest absolute Gasteiger partial charge is 0.370 e. The van der Waals surface area contributed by atoms with E-state index in [0.29, 0.717) is 23.6 Å². The van der Waals surface area contributed by atoms with E-state index in [2.05, 4.69) is 35.3 Å². The van der Waals surface area contributed by atoms with Crippen LogP contribution in [-0.4, -0.2) is 56.0 Å². The van der Waals surface area contributed by atoms with E-state index in [4.69, 9.17) is 0 Å². The SMILES string of the molecule is CN(C)C1CCCN(c2ccc(C[C@@H](C#N)CC(=O)[C@H]3N[C@@H]4CC[C@H]3C4)c(F)c2)C1. The minimum Gasteiger partial charge on any atom is -0.370 e. The molecule has 6 heteroatoms. The molecule has 162 valence electrons. The zero-order valence-electron chi connectivity index (χ0n) is 18.1. The molecule has 1 N–H and O–H groups in total. The molecule has 2 saturated heterocycles. The molecule has 5 nitrogen and oxygen atoms in total. The second kappa shape index (κ2) is 9.03. The summed E-state index contributed by atoms with van der Waals surface area (Å²) in [4.78, 5) is 17.2. The number of hydrogen-bond acceptors (Lipinski definition) is 5. The Labute approximate surface area is 179 Å². The lowest BCUT2D eigenvalue weighted by Gasteiger charge is -2.37. The third kappa shape index (κ3) is 4.53. The zero-order chi connectivity index (χ0) is 21.3.